The Morgan fingerprint density at radius 3 is 2.24 bits per heavy atom. The average Bonchev–Trinajstić information content (AvgIpc) is 3.00. The lowest BCUT2D eigenvalue weighted by Gasteiger charge is -2.39. The zero-order valence-electron chi connectivity index (χ0n) is 13.0. The van der Waals surface area contributed by atoms with E-state index in [9.17, 15) is 8.42 Å². The Labute approximate surface area is 129 Å². The molecule has 0 spiro atoms. The van der Waals surface area contributed by atoms with E-state index < -0.39 is 10.0 Å². The van der Waals surface area contributed by atoms with Crippen LogP contribution in [0.5, 0.6) is 0 Å². The third-order valence-electron chi connectivity index (χ3n) is 5.30. The van der Waals surface area contributed by atoms with Crippen molar-refractivity contribution in [2.45, 2.75) is 57.0 Å². The molecule has 0 radical (unpaired) electrons. The van der Waals surface area contributed by atoms with E-state index in [4.69, 9.17) is 0 Å². The summed E-state index contributed by atoms with van der Waals surface area (Å²) >= 11 is 0. The van der Waals surface area contributed by atoms with Crippen molar-refractivity contribution in [3.8, 4) is 0 Å². The third-order valence-corrected chi connectivity index (χ3v) is 7.27. The average molecular weight is 315 g/mol. The summed E-state index contributed by atoms with van der Waals surface area (Å²) in [5, 5.41) is 3.30. The van der Waals surface area contributed by atoms with Crippen molar-refractivity contribution in [2.24, 2.45) is 0 Å². The van der Waals surface area contributed by atoms with Crippen LogP contribution in [0, 0.1) is 0 Å². The molecule has 3 saturated heterocycles. The molecule has 1 N–H and O–H groups in total. The van der Waals surface area contributed by atoms with Gasteiger partial charge in [0.15, 0.2) is 0 Å². The van der Waals surface area contributed by atoms with E-state index in [1.165, 1.54) is 32.4 Å². The Hall–Kier alpha value is -0.170. The number of nitrogens with one attached hydrogen (secondary N) is 1. The molecule has 3 aliphatic rings. The largest absolute Gasteiger partial charge is 0.313 e. The number of piperidine rings is 2. The number of hydrogen-bond acceptors (Lipinski definition) is 4. The predicted molar refractivity (Wildman–Crippen MR) is 84.8 cm³/mol. The van der Waals surface area contributed by atoms with Gasteiger partial charge in [0.2, 0.25) is 10.0 Å². The van der Waals surface area contributed by atoms with Crippen LogP contribution < -0.4 is 5.32 Å². The van der Waals surface area contributed by atoms with Crippen molar-refractivity contribution in [3.63, 3.8) is 0 Å². The van der Waals surface area contributed by atoms with Gasteiger partial charge >= 0.3 is 0 Å². The van der Waals surface area contributed by atoms with Crippen LogP contribution in [0.15, 0.2) is 0 Å². The van der Waals surface area contributed by atoms with E-state index in [1.807, 2.05) is 0 Å². The van der Waals surface area contributed by atoms with Gasteiger partial charge in [-0.05, 0) is 58.2 Å². The van der Waals surface area contributed by atoms with Gasteiger partial charge in [-0.15, -0.1) is 0 Å². The first kappa shape index (κ1) is 15.7. The van der Waals surface area contributed by atoms with E-state index >= 15 is 0 Å². The van der Waals surface area contributed by atoms with E-state index in [1.54, 1.807) is 4.31 Å². The maximum atomic E-state index is 12.5. The second-order valence-electron chi connectivity index (χ2n) is 6.80. The van der Waals surface area contributed by atoms with Crippen molar-refractivity contribution in [3.05, 3.63) is 0 Å². The number of likely N-dealkylation sites (tertiary alicyclic amines) is 1. The lowest BCUT2D eigenvalue weighted by molar-refractivity contribution is 0.117. The molecule has 122 valence electrons. The van der Waals surface area contributed by atoms with Gasteiger partial charge in [0.05, 0.1) is 5.75 Å². The summed E-state index contributed by atoms with van der Waals surface area (Å²) in [6.45, 7) is 4.83. The summed E-state index contributed by atoms with van der Waals surface area (Å²) in [5.41, 5.74) is 0. The Balaban J connectivity index is 1.49. The fourth-order valence-corrected chi connectivity index (χ4v) is 5.80. The van der Waals surface area contributed by atoms with Crippen molar-refractivity contribution < 1.29 is 8.42 Å². The van der Waals surface area contributed by atoms with Crippen LogP contribution in [0.1, 0.15) is 44.9 Å². The lowest BCUT2D eigenvalue weighted by atomic mass is 10.0. The fourth-order valence-electron chi connectivity index (χ4n) is 4.03. The van der Waals surface area contributed by atoms with Crippen molar-refractivity contribution >= 4 is 10.0 Å². The van der Waals surface area contributed by atoms with Crippen molar-refractivity contribution in [1.82, 2.24) is 14.5 Å². The highest BCUT2D eigenvalue weighted by molar-refractivity contribution is 7.89. The van der Waals surface area contributed by atoms with Gasteiger partial charge in [0, 0.05) is 25.2 Å². The van der Waals surface area contributed by atoms with Crippen LogP contribution in [0.25, 0.3) is 0 Å². The smallest absolute Gasteiger partial charge is 0.215 e. The number of rotatable bonds is 4. The Kier molecular flexibility index (Phi) is 5.19. The number of sulfonamides is 1. The van der Waals surface area contributed by atoms with E-state index in [2.05, 4.69) is 10.2 Å². The summed E-state index contributed by atoms with van der Waals surface area (Å²) in [6, 6.07) is 0.788. The molecule has 6 heteroatoms. The predicted octanol–water partition coefficient (Wildman–Crippen LogP) is 1.02. The molecule has 0 aromatic heterocycles. The van der Waals surface area contributed by atoms with Gasteiger partial charge in [0.1, 0.15) is 0 Å². The van der Waals surface area contributed by atoms with Crippen LogP contribution in [0.4, 0.5) is 0 Å². The Morgan fingerprint density at radius 2 is 1.62 bits per heavy atom. The third kappa shape index (κ3) is 3.97. The molecule has 3 fully saturated rings. The maximum Gasteiger partial charge on any atom is 0.215 e. The molecule has 3 rings (SSSR count). The summed E-state index contributed by atoms with van der Waals surface area (Å²) < 4.78 is 26.7. The minimum Gasteiger partial charge on any atom is -0.313 e. The van der Waals surface area contributed by atoms with Gasteiger partial charge in [-0.3, -0.25) is 0 Å². The molecule has 0 saturated carbocycles. The summed E-state index contributed by atoms with van der Waals surface area (Å²) in [5.74, 6) is 0.293. The lowest BCUT2D eigenvalue weighted by Crippen LogP contribution is -2.49. The van der Waals surface area contributed by atoms with Gasteiger partial charge in [-0.2, -0.15) is 0 Å². The molecule has 21 heavy (non-hydrogen) atoms. The quantitative estimate of drug-likeness (QED) is 0.841. The standard InChI is InChI=1S/C15H29N3O2S/c19-21(20,13-14-5-4-8-16-14)18-11-6-15(7-12-18)17-9-2-1-3-10-17/h14-16H,1-13H2. The van der Waals surface area contributed by atoms with Crippen LogP contribution in [-0.2, 0) is 10.0 Å². The normalized spacial score (nSPS) is 30.8. The highest BCUT2D eigenvalue weighted by atomic mass is 32.2. The molecule has 5 nitrogen and oxygen atoms in total. The molecule has 3 aliphatic heterocycles. The summed E-state index contributed by atoms with van der Waals surface area (Å²) in [4.78, 5) is 2.59. The number of nitrogens with zero attached hydrogens (tertiary/aromatic N) is 2. The van der Waals surface area contributed by atoms with Crippen molar-refractivity contribution in [2.75, 3.05) is 38.5 Å². The highest BCUT2D eigenvalue weighted by Gasteiger charge is 2.32. The van der Waals surface area contributed by atoms with Crippen LogP contribution in [-0.4, -0.2) is 68.2 Å². The van der Waals surface area contributed by atoms with Gasteiger partial charge in [-0.25, -0.2) is 12.7 Å². The minimum atomic E-state index is -3.07. The van der Waals surface area contributed by atoms with Gasteiger partial charge in [0.25, 0.3) is 0 Å². The zero-order chi connectivity index (χ0) is 14.7. The Bertz CT molecular complexity index is 420. The molecule has 0 aliphatic carbocycles. The van der Waals surface area contributed by atoms with E-state index in [-0.39, 0.29) is 6.04 Å². The second kappa shape index (κ2) is 6.94. The highest BCUT2D eigenvalue weighted by Crippen LogP contribution is 2.23. The monoisotopic (exact) mass is 315 g/mol. The SMILES string of the molecule is O=S(=O)(CC1CCCN1)N1CCC(N2CCCCC2)CC1. The first-order chi connectivity index (χ1) is 10.1. The first-order valence-electron chi connectivity index (χ1n) is 8.60. The minimum absolute atomic E-state index is 0.176. The van der Waals surface area contributed by atoms with Crippen molar-refractivity contribution in [1.29, 1.82) is 0 Å². The van der Waals surface area contributed by atoms with E-state index in [0.717, 1.165) is 45.3 Å². The summed E-state index contributed by atoms with van der Waals surface area (Å²) in [7, 11) is -3.07. The molecule has 1 unspecified atom stereocenters. The molecule has 1 atom stereocenters. The maximum absolute atomic E-state index is 12.5. The molecule has 0 aromatic carbocycles. The molecular formula is C15H29N3O2S. The van der Waals surface area contributed by atoms with Gasteiger partial charge < -0.3 is 10.2 Å². The molecule has 0 bridgehead atoms. The zero-order valence-corrected chi connectivity index (χ0v) is 13.8. The van der Waals surface area contributed by atoms with Crippen LogP contribution in [0.2, 0.25) is 0 Å². The van der Waals surface area contributed by atoms with Crippen LogP contribution >= 0.6 is 0 Å². The number of hydrogen-bond donors (Lipinski definition) is 1. The molecule has 0 aromatic rings. The second-order valence-corrected chi connectivity index (χ2v) is 8.81. The van der Waals surface area contributed by atoms with Gasteiger partial charge in [-0.1, -0.05) is 6.42 Å². The summed E-state index contributed by atoms with van der Waals surface area (Å²) in [6.07, 6.45) is 8.12. The van der Waals surface area contributed by atoms with E-state index in [0.29, 0.717) is 11.8 Å². The van der Waals surface area contributed by atoms with Crippen LogP contribution in [0.3, 0.4) is 0 Å². The molecule has 3 heterocycles. The Morgan fingerprint density at radius 1 is 0.905 bits per heavy atom. The molecular weight excluding hydrogens is 286 g/mol. The molecule has 0 amide bonds. The topological polar surface area (TPSA) is 52.7 Å². The fraction of sp³-hybridized carbons (Fsp3) is 1.00. The first-order valence-corrected chi connectivity index (χ1v) is 10.2.